The van der Waals surface area contributed by atoms with Gasteiger partial charge in [0.15, 0.2) is 0 Å². The smallest absolute Gasteiger partial charge is 0.221 e. The highest BCUT2D eigenvalue weighted by atomic mass is 16.1. The molecule has 0 unspecified atom stereocenters. The lowest BCUT2D eigenvalue weighted by atomic mass is 10.1. The number of carbonyl (C=O) groups is 1. The third-order valence-electron chi connectivity index (χ3n) is 3.35. The molecular formula is C16H16N4O. The van der Waals surface area contributed by atoms with Gasteiger partial charge in [0.05, 0.1) is 0 Å². The normalized spacial score (nSPS) is 10.8. The number of hydrogen-bond donors (Lipinski definition) is 2. The standard InChI is InChI=1S/C16H16N4O/c1-10-4-3-5-14-19-15(16(17)20(10)14)12-6-8-13(9-7-12)18-11(2)21/h3-9H,17H2,1-2H3,(H,18,21). The van der Waals surface area contributed by atoms with Gasteiger partial charge in [-0.05, 0) is 31.2 Å². The van der Waals surface area contributed by atoms with Gasteiger partial charge in [0.2, 0.25) is 5.91 Å². The van der Waals surface area contributed by atoms with Gasteiger partial charge < -0.3 is 11.1 Å². The molecule has 5 nitrogen and oxygen atoms in total. The molecule has 0 fully saturated rings. The van der Waals surface area contributed by atoms with E-state index < -0.39 is 0 Å². The first-order valence-corrected chi connectivity index (χ1v) is 6.68. The number of pyridine rings is 1. The Labute approximate surface area is 122 Å². The summed E-state index contributed by atoms with van der Waals surface area (Å²) < 4.78 is 1.93. The fraction of sp³-hybridized carbons (Fsp3) is 0.125. The van der Waals surface area contributed by atoms with Crippen LogP contribution < -0.4 is 11.1 Å². The minimum atomic E-state index is -0.0920. The number of aryl methyl sites for hydroxylation is 1. The molecule has 0 aliphatic rings. The van der Waals surface area contributed by atoms with Gasteiger partial charge in [0.25, 0.3) is 0 Å². The molecule has 1 aromatic carbocycles. The predicted octanol–water partition coefficient (Wildman–Crippen LogP) is 2.85. The van der Waals surface area contributed by atoms with Gasteiger partial charge in [0.1, 0.15) is 17.2 Å². The molecule has 0 aliphatic heterocycles. The van der Waals surface area contributed by atoms with Gasteiger partial charge in [-0.3, -0.25) is 9.20 Å². The Balaban J connectivity index is 2.06. The summed E-state index contributed by atoms with van der Waals surface area (Å²) in [6, 6.07) is 13.4. The molecule has 106 valence electrons. The van der Waals surface area contributed by atoms with Crippen LogP contribution in [0.4, 0.5) is 11.5 Å². The van der Waals surface area contributed by atoms with Gasteiger partial charge in [-0.25, -0.2) is 4.98 Å². The molecule has 2 aromatic heterocycles. The van der Waals surface area contributed by atoms with E-state index in [1.54, 1.807) is 0 Å². The quantitative estimate of drug-likeness (QED) is 0.758. The highest BCUT2D eigenvalue weighted by molar-refractivity contribution is 5.89. The lowest BCUT2D eigenvalue weighted by molar-refractivity contribution is -0.114. The number of carbonyl (C=O) groups excluding carboxylic acids is 1. The first-order valence-electron chi connectivity index (χ1n) is 6.68. The number of amides is 1. The van der Waals surface area contributed by atoms with Gasteiger partial charge in [-0.1, -0.05) is 18.2 Å². The fourth-order valence-electron chi connectivity index (χ4n) is 2.41. The number of hydrogen-bond acceptors (Lipinski definition) is 3. The number of aromatic nitrogens is 2. The zero-order valence-electron chi connectivity index (χ0n) is 11.9. The molecule has 0 radical (unpaired) electrons. The third kappa shape index (κ3) is 2.33. The van der Waals surface area contributed by atoms with E-state index in [-0.39, 0.29) is 5.91 Å². The van der Waals surface area contributed by atoms with Crippen molar-refractivity contribution < 1.29 is 4.79 Å². The summed E-state index contributed by atoms with van der Waals surface area (Å²) in [4.78, 5) is 15.6. The Morgan fingerprint density at radius 3 is 2.52 bits per heavy atom. The van der Waals surface area contributed by atoms with Crippen molar-refractivity contribution >= 4 is 23.1 Å². The predicted molar refractivity (Wildman–Crippen MR) is 84.1 cm³/mol. The van der Waals surface area contributed by atoms with Crippen molar-refractivity contribution in [1.29, 1.82) is 0 Å². The number of benzene rings is 1. The Morgan fingerprint density at radius 1 is 1.19 bits per heavy atom. The highest BCUT2D eigenvalue weighted by Crippen LogP contribution is 2.28. The van der Waals surface area contributed by atoms with Crippen LogP contribution in [0.15, 0.2) is 42.5 Å². The van der Waals surface area contributed by atoms with E-state index in [0.29, 0.717) is 5.82 Å². The van der Waals surface area contributed by atoms with E-state index in [0.717, 1.165) is 28.3 Å². The monoisotopic (exact) mass is 280 g/mol. The molecule has 0 aliphatic carbocycles. The lowest BCUT2D eigenvalue weighted by Crippen LogP contribution is -2.05. The zero-order chi connectivity index (χ0) is 15.0. The highest BCUT2D eigenvalue weighted by Gasteiger charge is 2.12. The Kier molecular flexibility index (Phi) is 3.10. The second-order valence-corrected chi connectivity index (χ2v) is 4.96. The Hall–Kier alpha value is -2.82. The number of nitrogens with one attached hydrogen (secondary N) is 1. The number of anilines is 2. The molecule has 0 saturated heterocycles. The van der Waals surface area contributed by atoms with Crippen molar-refractivity contribution in [2.75, 3.05) is 11.1 Å². The van der Waals surface area contributed by atoms with Crippen molar-refractivity contribution in [1.82, 2.24) is 9.38 Å². The van der Waals surface area contributed by atoms with E-state index in [2.05, 4.69) is 10.3 Å². The number of imidazole rings is 1. The van der Waals surface area contributed by atoms with Gasteiger partial charge in [0, 0.05) is 23.9 Å². The van der Waals surface area contributed by atoms with Crippen molar-refractivity contribution in [3.05, 3.63) is 48.2 Å². The van der Waals surface area contributed by atoms with Crippen molar-refractivity contribution in [2.45, 2.75) is 13.8 Å². The molecule has 5 heteroatoms. The average molecular weight is 280 g/mol. The topological polar surface area (TPSA) is 72.4 Å². The Morgan fingerprint density at radius 2 is 1.90 bits per heavy atom. The van der Waals surface area contributed by atoms with Crippen molar-refractivity contribution in [3.63, 3.8) is 0 Å². The number of rotatable bonds is 2. The van der Waals surface area contributed by atoms with Crippen LogP contribution in [0.1, 0.15) is 12.6 Å². The summed E-state index contributed by atoms with van der Waals surface area (Å²) in [7, 11) is 0. The maximum atomic E-state index is 11.0. The molecule has 2 heterocycles. The van der Waals surface area contributed by atoms with Gasteiger partial charge in [-0.15, -0.1) is 0 Å². The summed E-state index contributed by atoms with van der Waals surface area (Å²) >= 11 is 0. The van der Waals surface area contributed by atoms with Gasteiger partial charge >= 0.3 is 0 Å². The average Bonchev–Trinajstić information content (AvgIpc) is 2.78. The van der Waals surface area contributed by atoms with Crippen LogP contribution in [-0.4, -0.2) is 15.3 Å². The maximum absolute atomic E-state index is 11.0. The van der Waals surface area contributed by atoms with Crippen molar-refractivity contribution in [3.8, 4) is 11.3 Å². The number of nitrogen functional groups attached to an aromatic ring is 1. The SMILES string of the molecule is CC(=O)Nc1ccc(-c2nc3cccc(C)n3c2N)cc1. The van der Waals surface area contributed by atoms with E-state index in [1.165, 1.54) is 6.92 Å². The van der Waals surface area contributed by atoms with Crippen LogP contribution in [0.3, 0.4) is 0 Å². The zero-order valence-corrected chi connectivity index (χ0v) is 11.9. The van der Waals surface area contributed by atoms with Crippen LogP contribution >= 0.6 is 0 Å². The number of fused-ring (bicyclic) bond motifs is 1. The molecule has 3 N–H and O–H groups in total. The fourth-order valence-corrected chi connectivity index (χ4v) is 2.41. The maximum Gasteiger partial charge on any atom is 0.221 e. The number of nitrogens with two attached hydrogens (primary N) is 1. The van der Waals surface area contributed by atoms with Crippen LogP contribution in [0, 0.1) is 6.92 Å². The second-order valence-electron chi connectivity index (χ2n) is 4.96. The molecular weight excluding hydrogens is 264 g/mol. The molecule has 0 saturated carbocycles. The van der Waals surface area contributed by atoms with E-state index in [1.807, 2.05) is 53.8 Å². The van der Waals surface area contributed by atoms with E-state index in [9.17, 15) is 4.79 Å². The summed E-state index contributed by atoms with van der Waals surface area (Å²) in [5, 5.41) is 2.74. The third-order valence-corrected chi connectivity index (χ3v) is 3.35. The first kappa shape index (κ1) is 13.2. The molecule has 3 rings (SSSR count). The molecule has 0 bridgehead atoms. The Bertz CT molecular complexity index is 818. The van der Waals surface area contributed by atoms with Crippen molar-refractivity contribution in [2.24, 2.45) is 0 Å². The molecule has 0 spiro atoms. The summed E-state index contributed by atoms with van der Waals surface area (Å²) in [5.41, 5.74) is 10.5. The molecule has 21 heavy (non-hydrogen) atoms. The first-order chi connectivity index (χ1) is 10.1. The minimum absolute atomic E-state index is 0.0920. The van der Waals surface area contributed by atoms with E-state index >= 15 is 0 Å². The lowest BCUT2D eigenvalue weighted by Gasteiger charge is -2.04. The summed E-state index contributed by atoms with van der Waals surface area (Å²) in [6.45, 7) is 3.48. The largest absolute Gasteiger partial charge is 0.383 e. The molecule has 3 aromatic rings. The van der Waals surface area contributed by atoms with Crippen LogP contribution in [0.5, 0.6) is 0 Å². The minimum Gasteiger partial charge on any atom is -0.383 e. The van der Waals surface area contributed by atoms with E-state index in [4.69, 9.17) is 5.73 Å². The second kappa shape index (κ2) is 4.94. The van der Waals surface area contributed by atoms with Gasteiger partial charge in [-0.2, -0.15) is 0 Å². The van der Waals surface area contributed by atoms with Crippen LogP contribution in [-0.2, 0) is 4.79 Å². The number of nitrogens with zero attached hydrogens (tertiary/aromatic N) is 2. The summed E-state index contributed by atoms with van der Waals surface area (Å²) in [6.07, 6.45) is 0. The molecule has 0 atom stereocenters. The van der Waals surface area contributed by atoms with Crippen LogP contribution in [0.25, 0.3) is 16.9 Å². The molecule has 1 amide bonds. The summed E-state index contributed by atoms with van der Waals surface area (Å²) in [5.74, 6) is 0.529. The van der Waals surface area contributed by atoms with Crippen LogP contribution in [0.2, 0.25) is 0 Å².